The lowest BCUT2D eigenvalue weighted by atomic mass is 10.1. The van der Waals surface area contributed by atoms with Crippen molar-refractivity contribution in [3.8, 4) is 5.88 Å². The van der Waals surface area contributed by atoms with Crippen molar-refractivity contribution >= 4 is 38.3 Å². The molecular weight excluding hydrogens is 413 g/mol. The van der Waals surface area contributed by atoms with Gasteiger partial charge in [-0.25, -0.2) is 32.7 Å². The molecule has 0 radical (unpaired) electrons. The largest absolute Gasteiger partial charge is 0.480 e. The van der Waals surface area contributed by atoms with E-state index in [9.17, 15) is 12.8 Å². The molecule has 0 saturated carbocycles. The molecule has 3 aromatic heterocycles. The Morgan fingerprint density at radius 2 is 2.07 bits per heavy atom. The molecule has 0 fully saturated rings. The number of nitrogens with zero attached hydrogens (tertiary/aromatic N) is 5. The van der Waals surface area contributed by atoms with Gasteiger partial charge in [0.05, 0.1) is 36.8 Å². The van der Waals surface area contributed by atoms with Gasteiger partial charge in [-0.15, -0.1) is 0 Å². The van der Waals surface area contributed by atoms with Crippen molar-refractivity contribution in [1.82, 2.24) is 19.9 Å². The zero-order valence-corrected chi connectivity index (χ0v) is 16.9. The maximum absolute atomic E-state index is 14.5. The summed E-state index contributed by atoms with van der Waals surface area (Å²) in [7, 11) is -2.05. The van der Waals surface area contributed by atoms with Crippen LogP contribution < -0.4 is 15.8 Å². The number of fused-ring (bicyclic) bond motifs is 1. The number of methoxy groups -OCH3 is 1. The highest BCUT2D eigenvalue weighted by molar-refractivity contribution is 7.92. The van der Waals surface area contributed by atoms with Crippen LogP contribution in [0.15, 0.2) is 35.7 Å². The van der Waals surface area contributed by atoms with Crippen LogP contribution in [0.5, 0.6) is 5.88 Å². The van der Waals surface area contributed by atoms with E-state index in [0.29, 0.717) is 22.7 Å². The lowest BCUT2D eigenvalue weighted by molar-refractivity contribution is 0.397. The molecule has 3 aromatic rings. The van der Waals surface area contributed by atoms with Gasteiger partial charge in [-0.3, -0.25) is 4.99 Å². The maximum atomic E-state index is 14.5. The lowest BCUT2D eigenvalue weighted by Crippen LogP contribution is -2.40. The standard InChI is InChI=1S/C18H18FN7O3S/c1-9-17(20)25-13(8-30(9,27)28)10-5-14(22-6-11(10)19)26-18-16-12(3-4-21-18)24-15(29-2)7-23-16/h3-7,9,13H,8H2,1-2H3,(H2,20,25)(H,21,22,26)/t9-,13+/m1/s1. The van der Waals surface area contributed by atoms with Crippen molar-refractivity contribution < 1.29 is 17.5 Å². The minimum absolute atomic E-state index is 0.0445. The first kappa shape index (κ1) is 19.9. The van der Waals surface area contributed by atoms with Crippen LogP contribution >= 0.6 is 0 Å². The SMILES string of the molecule is COc1cnc2c(Nc3cc([C@@H]4CS(=O)(=O)[C@H](C)C(N)=N4)c(F)cn3)nccc2n1. The van der Waals surface area contributed by atoms with E-state index in [-0.39, 0.29) is 23.0 Å². The molecule has 10 nitrogen and oxygen atoms in total. The second kappa shape index (κ2) is 7.44. The monoisotopic (exact) mass is 431 g/mol. The summed E-state index contributed by atoms with van der Waals surface area (Å²) in [5.74, 6) is -0.119. The molecule has 0 spiro atoms. The number of amidine groups is 1. The van der Waals surface area contributed by atoms with Gasteiger partial charge in [0.15, 0.2) is 15.7 Å². The number of rotatable bonds is 4. The van der Waals surface area contributed by atoms with Gasteiger partial charge in [0.1, 0.15) is 28.2 Å². The summed E-state index contributed by atoms with van der Waals surface area (Å²) in [5.41, 5.74) is 6.83. The van der Waals surface area contributed by atoms with Crippen LogP contribution in [-0.4, -0.2) is 52.3 Å². The van der Waals surface area contributed by atoms with E-state index in [1.807, 2.05) is 0 Å². The summed E-state index contributed by atoms with van der Waals surface area (Å²) in [5, 5.41) is 2.07. The van der Waals surface area contributed by atoms with E-state index < -0.39 is 26.9 Å². The molecule has 0 aliphatic carbocycles. The Hall–Kier alpha value is -3.41. The molecule has 12 heteroatoms. The number of pyridine rings is 2. The Kier molecular flexibility index (Phi) is 4.94. The number of ether oxygens (including phenoxy) is 1. The van der Waals surface area contributed by atoms with Crippen LogP contribution in [0.4, 0.5) is 16.0 Å². The van der Waals surface area contributed by atoms with Crippen molar-refractivity contribution in [2.45, 2.75) is 18.2 Å². The highest BCUT2D eigenvalue weighted by atomic mass is 32.2. The average Bonchev–Trinajstić information content (AvgIpc) is 2.72. The molecule has 0 saturated heterocycles. The molecule has 4 rings (SSSR count). The summed E-state index contributed by atoms with van der Waals surface area (Å²) in [6.07, 6.45) is 3.97. The van der Waals surface area contributed by atoms with Gasteiger partial charge in [-0.05, 0) is 19.1 Å². The molecule has 156 valence electrons. The Morgan fingerprint density at radius 3 is 2.80 bits per heavy atom. The van der Waals surface area contributed by atoms with Crippen LogP contribution in [-0.2, 0) is 9.84 Å². The molecule has 0 bridgehead atoms. The maximum Gasteiger partial charge on any atom is 0.232 e. The first-order valence-corrected chi connectivity index (χ1v) is 10.6. The minimum atomic E-state index is -3.54. The second-order valence-corrected chi connectivity index (χ2v) is 9.06. The smallest absolute Gasteiger partial charge is 0.232 e. The number of anilines is 2. The summed E-state index contributed by atoms with van der Waals surface area (Å²) in [4.78, 5) is 21.0. The van der Waals surface area contributed by atoms with E-state index in [2.05, 4.69) is 30.2 Å². The zero-order valence-electron chi connectivity index (χ0n) is 16.1. The van der Waals surface area contributed by atoms with Crippen LogP contribution in [0, 0.1) is 5.82 Å². The molecule has 3 N–H and O–H groups in total. The number of halogens is 1. The number of hydrogen-bond acceptors (Lipinski definition) is 10. The van der Waals surface area contributed by atoms with Gasteiger partial charge in [0.2, 0.25) is 5.88 Å². The first-order valence-electron chi connectivity index (χ1n) is 8.91. The molecule has 1 aliphatic rings. The minimum Gasteiger partial charge on any atom is -0.480 e. The first-order chi connectivity index (χ1) is 14.3. The number of nitrogens with one attached hydrogen (secondary N) is 1. The van der Waals surface area contributed by atoms with Gasteiger partial charge in [0, 0.05) is 11.8 Å². The predicted octanol–water partition coefficient (Wildman–Crippen LogP) is 1.53. The fraction of sp³-hybridized carbons (Fsp3) is 0.278. The van der Waals surface area contributed by atoms with Crippen LogP contribution in [0.3, 0.4) is 0 Å². The molecule has 1 aliphatic heterocycles. The number of aromatic nitrogens is 4. The fourth-order valence-electron chi connectivity index (χ4n) is 3.05. The highest BCUT2D eigenvalue weighted by Gasteiger charge is 2.35. The van der Waals surface area contributed by atoms with Crippen molar-refractivity contribution in [3.63, 3.8) is 0 Å². The second-order valence-electron chi connectivity index (χ2n) is 6.70. The molecule has 4 heterocycles. The molecular formula is C18H18FN7O3S. The van der Waals surface area contributed by atoms with Crippen LogP contribution in [0.25, 0.3) is 11.0 Å². The van der Waals surface area contributed by atoms with Crippen molar-refractivity contribution in [3.05, 3.63) is 42.1 Å². The van der Waals surface area contributed by atoms with Gasteiger partial charge in [0.25, 0.3) is 0 Å². The van der Waals surface area contributed by atoms with Crippen molar-refractivity contribution in [2.75, 3.05) is 18.2 Å². The summed E-state index contributed by atoms with van der Waals surface area (Å²) >= 11 is 0. The number of sulfone groups is 1. The highest BCUT2D eigenvalue weighted by Crippen LogP contribution is 2.30. The van der Waals surface area contributed by atoms with Gasteiger partial charge in [-0.1, -0.05) is 0 Å². The molecule has 0 amide bonds. The summed E-state index contributed by atoms with van der Waals surface area (Å²) in [6, 6.07) is 2.10. The third kappa shape index (κ3) is 3.61. The summed E-state index contributed by atoms with van der Waals surface area (Å²) < 4.78 is 44.2. The number of aliphatic imine (C=N–C) groups is 1. The van der Waals surface area contributed by atoms with E-state index in [1.165, 1.54) is 32.5 Å². The lowest BCUT2D eigenvalue weighted by Gasteiger charge is -2.24. The number of nitrogens with two attached hydrogens (primary N) is 1. The molecule has 2 atom stereocenters. The third-order valence-electron chi connectivity index (χ3n) is 4.79. The van der Waals surface area contributed by atoms with Crippen LogP contribution in [0.2, 0.25) is 0 Å². The summed E-state index contributed by atoms with van der Waals surface area (Å²) in [6.45, 7) is 1.46. The molecule has 0 aromatic carbocycles. The topological polar surface area (TPSA) is 145 Å². The van der Waals surface area contributed by atoms with E-state index in [4.69, 9.17) is 10.5 Å². The quantitative estimate of drug-likeness (QED) is 0.628. The Bertz CT molecular complexity index is 1270. The normalized spacial score (nSPS) is 20.6. The van der Waals surface area contributed by atoms with Crippen molar-refractivity contribution in [1.29, 1.82) is 0 Å². The van der Waals surface area contributed by atoms with Gasteiger partial charge >= 0.3 is 0 Å². The predicted molar refractivity (Wildman–Crippen MR) is 109 cm³/mol. The fourth-order valence-corrected chi connectivity index (χ4v) is 4.46. The van der Waals surface area contributed by atoms with Crippen LogP contribution in [0.1, 0.15) is 18.5 Å². The Balaban J connectivity index is 1.71. The third-order valence-corrected chi connectivity index (χ3v) is 6.89. The molecule has 30 heavy (non-hydrogen) atoms. The van der Waals surface area contributed by atoms with Gasteiger partial charge < -0.3 is 15.8 Å². The van der Waals surface area contributed by atoms with E-state index in [1.54, 1.807) is 6.07 Å². The van der Waals surface area contributed by atoms with E-state index in [0.717, 1.165) is 6.20 Å². The average molecular weight is 431 g/mol. The molecule has 0 unspecified atom stereocenters. The van der Waals surface area contributed by atoms with Crippen molar-refractivity contribution in [2.24, 2.45) is 10.7 Å². The Labute approximate surface area is 171 Å². The zero-order chi connectivity index (χ0) is 21.5. The van der Waals surface area contributed by atoms with Gasteiger partial charge in [-0.2, -0.15) is 0 Å². The number of hydrogen-bond donors (Lipinski definition) is 2. The Morgan fingerprint density at radius 1 is 1.27 bits per heavy atom. The van der Waals surface area contributed by atoms with E-state index >= 15 is 0 Å².